The van der Waals surface area contributed by atoms with E-state index in [4.69, 9.17) is 14.7 Å². The number of ether oxygens (including phenoxy) is 2. The van der Waals surface area contributed by atoms with E-state index in [-0.39, 0.29) is 23.7 Å². The highest BCUT2D eigenvalue weighted by molar-refractivity contribution is 5.68. The lowest BCUT2D eigenvalue weighted by Gasteiger charge is -2.58. The number of likely N-dealkylation sites (tertiary alicyclic amines) is 1. The van der Waals surface area contributed by atoms with Crippen molar-refractivity contribution in [2.45, 2.75) is 103 Å². The minimum atomic E-state index is -0.260. The van der Waals surface area contributed by atoms with E-state index in [9.17, 15) is 4.79 Å². The van der Waals surface area contributed by atoms with Crippen LogP contribution in [0.25, 0.3) is 0 Å². The highest BCUT2D eigenvalue weighted by Gasteiger charge is 2.64. The normalized spacial score (nSPS) is 44.7. The number of hydrogen-bond donors (Lipinski definition) is 0. The molecule has 0 aromatic rings. The van der Waals surface area contributed by atoms with Gasteiger partial charge in [-0.05, 0) is 106 Å². The molecule has 6 nitrogen and oxygen atoms in total. The van der Waals surface area contributed by atoms with Gasteiger partial charge in [-0.25, -0.2) is 4.79 Å². The summed E-state index contributed by atoms with van der Waals surface area (Å²) in [4.78, 5) is 17.5. The molecule has 2 aliphatic heterocycles. The van der Waals surface area contributed by atoms with Crippen molar-refractivity contribution in [1.29, 1.82) is 5.26 Å². The third-order valence-corrected chi connectivity index (χ3v) is 12.1. The zero-order valence-electron chi connectivity index (χ0n) is 23.3. The Morgan fingerprint density at radius 1 is 1.22 bits per heavy atom. The molecule has 3 saturated carbocycles. The molecule has 2 heterocycles. The molecule has 37 heavy (non-hydrogen) atoms. The number of rotatable bonds is 5. The Kier molecular flexibility index (Phi) is 6.85. The Morgan fingerprint density at radius 2 is 2.05 bits per heavy atom. The second-order valence-electron chi connectivity index (χ2n) is 13.6. The molecule has 0 aromatic heterocycles. The van der Waals surface area contributed by atoms with E-state index in [1.807, 2.05) is 0 Å². The third-order valence-electron chi connectivity index (χ3n) is 12.1. The molecule has 6 aliphatic rings. The minimum Gasteiger partial charge on any atom is -0.446 e. The first-order valence-electron chi connectivity index (χ1n) is 15.2. The molecular weight excluding hydrogens is 462 g/mol. The SMILES string of the molecule is C[C@H]1[C@H]2CC[C@H]3[C@@H]4CC=C5C[C@@H](OC(=O)N(CCC#N)CC6CCCO6)CC[C@]5(C)[C@H]4CC[C@]23CN1C. The van der Waals surface area contributed by atoms with Crippen molar-refractivity contribution in [1.82, 2.24) is 9.80 Å². The second kappa shape index (κ2) is 9.87. The highest BCUT2D eigenvalue weighted by atomic mass is 16.6. The van der Waals surface area contributed by atoms with Gasteiger partial charge in [0.1, 0.15) is 6.10 Å². The van der Waals surface area contributed by atoms with Gasteiger partial charge in [0.05, 0.1) is 25.1 Å². The van der Waals surface area contributed by atoms with Crippen LogP contribution in [0, 0.1) is 45.8 Å². The maximum absolute atomic E-state index is 13.2. The fourth-order valence-corrected chi connectivity index (χ4v) is 10.2. The van der Waals surface area contributed by atoms with E-state index in [1.54, 1.807) is 10.5 Å². The van der Waals surface area contributed by atoms with Crippen LogP contribution in [0.2, 0.25) is 0 Å². The third kappa shape index (κ3) is 4.24. The Balaban J connectivity index is 1.13. The van der Waals surface area contributed by atoms with Crippen LogP contribution < -0.4 is 0 Å². The van der Waals surface area contributed by atoms with E-state index < -0.39 is 0 Å². The maximum atomic E-state index is 13.2. The van der Waals surface area contributed by atoms with Crippen LogP contribution in [0.15, 0.2) is 11.6 Å². The average Bonchev–Trinajstić information content (AvgIpc) is 3.58. The molecule has 1 spiro atoms. The summed E-state index contributed by atoms with van der Waals surface area (Å²) in [6.45, 7) is 8.05. The van der Waals surface area contributed by atoms with Gasteiger partial charge in [-0.15, -0.1) is 0 Å². The number of carbonyl (C=O) groups is 1. The van der Waals surface area contributed by atoms with Crippen molar-refractivity contribution in [3.63, 3.8) is 0 Å². The molecule has 0 aromatic carbocycles. The fraction of sp³-hybridized carbons (Fsp3) is 0.871. The van der Waals surface area contributed by atoms with Gasteiger partial charge < -0.3 is 19.3 Å². The lowest BCUT2D eigenvalue weighted by atomic mass is 9.47. The largest absolute Gasteiger partial charge is 0.446 e. The van der Waals surface area contributed by atoms with Crippen LogP contribution in [0.3, 0.4) is 0 Å². The predicted octanol–water partition coefficient (Wildman–Crippen LogP) is 5.78. The summed E-state index contributed by atoms with van der Waals surface area (Å²) >= 11 is 0. The average molecular weight is 510 g/mol. The van der Waals surface area contributed by atoms with Crippen LogP contribution in [0.5, 0.6) is 0 Å². The van der Waals surface area contributed by atoms with Crippen LogP contribution in [-0.2, 0) is 9.47 Å². The first kappa shape index (κ1) is 25.7. The molecule has 4 aliphatic carbocycles. The number of nitrogens with zero attached hydrogens (tertiary/aromatic N) is 3. The summed E-state index contributed by atoms with van der Waals surface area (Å²) in [6.07, 6.45) is 14.5. The van der Waals surface area contributed by atoms with Gasteiger partial charge in [-0.2, -0.15) is 5.26 Å². The summed E-state index contributed by atoms with van der Waals surface area (Å²) in [6, 6.07) is 2.92. The quantitative estimate of drug-likeness (QED) is 0.440. The number of allylic oxidation sites excluding steroid dienone is 1. The van der Waals surface area contributed by atoms with Gasteiger partial charge in [0.15, 0.2) is 0 Å². The van der Waals surface area contributed by atoms with E-state index >= 15 is 0 Å². The molecule has 1 amide bonds. The van der Waals surface area contributed by atoms with E-state index in [0.29, 0.717) is 24.9 Å². The van der Waals surface area contributed by atoms with Crippen LogP contribution in [-0.4, -0.2) is 67.4 Å². The molecule has 6 rings (SSSR count). The molecule has 0 radical (unpaired) electrons. The van der Waals surface area contributed by atoms with E-state index in [0.717, 1.165) is 68.4 Å². The molecule has 0 bridgehead atoms. The number of hydrogen-bond acceptors (Lipinski definition) is 5. The predicted molar refractivity (Wildman–Crippen MR) is 143 cm³/mol. The van der Waals surface area contributed by atoms with Gasteiger partial charge >= 0.3 is 6.09 Å². The molecule has 5 fully saturated rings. The molecule has 1 unspecified atom stereocenters. The van der Waals surface area contributed by atoms with Crippen molar-refractivity contribution in [2.75, 3.05) is 33.3 Å². The molecule has 2 saturated heterocycles. The monoisotopic (exact) mass is 509 g/mol. The van der Waals surface area contributed by atoms with Crippen molar-refractivity contribution in [2.24, 2.45) is 34.5 Å². The van der Waals surface area contributed by atoms with Gasteiger partial charge in [0.2, 0.25) is 0 Å². The lowest BCUT2D eigenvalue weighted by Crippen LogP contribution is -2.52. The van der Waals surface area contributed by atoms with Gasteiger partial charge in [-0.1, -0.05) is 18.6 Å². The van der Waals surface area contributed by atoms with Crippen LogP contribution in [0.1, 0.15) is 84.5 Å². The second-order valence-corrected chi connectivity index (χ2v) is 13.6. The van der Waals surface area contributed by atoms with Crippen LogP contribution in [0.4, 0.5) is 4.79 Å². The minimum absolute atomic E-state index is 0.0485. The number of carbonyl (C=O) groups excluding carboxylic acids is 1. The maximum Gasteiger partial charge on any atom is 0.410 e. The highest BCUT2D eigenvalue weighted by Crippen LogP contribution is 2.68. The van der Waals surface area contributed by atoms with Crippen molar-refractivity contribution >= 4 is 6.09 Å². The zero-order valence-corrected chi connectivity index (χ0v) is 23.3. The van der Waals surface area contributed by atoms with Crippen LogP contribution >= 0.6 is 0 Å². The zero-order chi connectivity index (χ0) is 25.8. The van der Waals surface area contributed by atoms with Crippen molar-refractivity contribution in [3.8, 4) is 6.07 Å². The molecule has 204 valence electrons. The molecule has 9 atom stereocenters. The molecule has 0 N–H and O–H groups in total. The first-order chi connectivity index (χ1) is 17.9. The Labute approximate surface area is 223 Å². The van der Waals surface area contributed by atoms with Gasteiger partial charge in [0.25, 0.3) is 0 Å². The number of nitriles is 1. The smallest absolute Gasteiger partial charge is 0.410 e. The van der Waals surface area contributed by atoms with Crippen molar-refractivity contribution < 1.29 is 14.3 Å². The summed E-state index contributed by atoms with van der Waals surface area (Å²) in [7, 11) is 2.35. The summed E-state index contributed by atoms with van der Waals surface area (Å²) in [5.41, 5.74) is 2.39. The lowest BCUT2D eigenvalue weighted by molar-refractivity contribution is -0.0510. The van der Waals surface area contributed by atoms with Gasteiger partial charge in [0, 0.05) is 32.2 Å². The standard InChI is InChI=1S/C31H47N3O3/c1-21-26-9-10-28-25-8-7-22-18-23(37-29(35)34(16-5-15-32)19-24-6-4-17-36-24)11-13-30(22,2)27(25)12-14-31(26,28)20-33(21)3/h7,21,23-28H,4-6,8-14,16-20H2,1-3H3/t21-,23-,24?,25+,26+,27-,28-,30-,31-/m0/s1. The number of amides is 1. The Morgan fingerprint density at radius 3 is 2.84 bits per heavy atom. The van der Waals surface area contributed by atoms with Crippen molar-refractivity contribution in [3.05, 3.63) is 11.6 Å². The topological polar surface area (TPSA) is 65.8 Å². The van der Waals surface area contributed by atoms with E-state index in [2.05, 4.69) is 37.9 Å². The Bertz CT molecular complexity index is 954. The summed E-state index contributed by atoms with van der Waals surface area (Å²) in [5, 5.41) is 9.09. The first-order valence-corrected chi connectivity index (χ1v) is 15.2. The summed E-state index contributed by atoms with van der Waals surface area (Å²) < 4.78 is 11.9. The van der Waals surface area contributed by atoms with Gasteiger partial charge in [-0.3, -0.25) is 0 Å². The fourth-order valence-electron chi connectivity index (χ4n) is 10.2. The molecular formula is C31H47N3O3. The number of fused-ring (bicyclic) bond motifs is 4. The summed E-state index contributed by atoms with van der Waals surface area (Å²) in [5.74, 6) is 3.40. The van der Waals surface area contributed by atoms with E-state index in [1.165, 1.54) is 38.6 Å². The Hall–Kier alpha value is -1.58. The molecule has 6 heteroatoms.